The average Bonchev–Trinajstić information content (AvgIpc) is 3.19. The van der Waals surface area contributed by atoms with Gasteiger partial charge < -0.3 is 16.4 Å². The van der Waals surface area contributed by atoms with Gasteiger partial charge in [-0.05, 0) is 44.7 Å². The predicted octanol–water partition coefficient (Wildman–Crippen LogP) is 2.21. The summed E-state index contributed by atoms with van der Waals surface area (Å²) in [5.74, 6) is 1.09. The Morgan fingerprint density at radius 2 is 2.10 bits per heavy atom. The molecule has 4 N–H and O–H groups in total. The van der Waals surface area contributed by atoms with E-state index in [-0.39, 0.29) is 42.8 Å². The Labute approximate surface area is 138 Å². The smallest absolute Gasteiger partial charge is 0.255 e. The number of pyridine rings is 1. The van der Waals surface area contributed by atoms with E-state index in [9.17, 15) is 4.79 Å². The molecule has 0 aromatic carbocycles. The van der Waals surface area contributed by atoms with Crippen LogP contribution in [-0.2, 0) is 0 Å². The Balaban J connectivity index is 0.00000200. The standard InChI is InChI=1S/C14H22N4O.2ClH/c1-9(2)18-13-11(4-3-7-16-13)14(19)17-8-12(15)10-5-6-10;;/h3-4,7,9-10,12H,5-6,8,15H2,1-2H3,(H,16,18)(H,17,19);2*1H. The fraction of sp³-hybridized carbons (Fsp3) is 0.571. The molecular formula is C14H24Cl2N4O. The van der Waals surface area contributed by atoms with Crippen molar-refractivity contribution in [3.8, 4) is 0 Å². The number of carbonyl (C=O) groups excluding carboxylic acids is 1. The monoisotopic (exact) mass is 334 g/mol. The normalized spacial score (nSPS) is 14.7. The third-order valence-corrected chi connectivity index (χ3v) is 3.20. The quantitative estimate of drug-likeness (QED) is 0.745. The van der Waals surface area contributed by atoms with Gasteiger partial charge in [-0.25, -0.2) is 4.98 Å². The average molecular weight is 335 g/mol. The number of hydrogen-bond acceptors (Lipinski definition) is 4. The fourth-order valence-electron chi connectivity index (χ4n) is 1.97. The molecule has 1 aromatic heterocycles. The van der Waals surface area contributed by atoms with E-state index in [0.717, 1.165) is 0 Å². The van der Waals surface area contributed by atoms with Crippen molar-refractivity contribution in [2.45, 2.75) is 38.8 Å². The number of anilines is 1. The molecule has 1 amide bonds. The number of nitrogens with one attached hydrogen (secondary N) is 2. The second-order valence-corrected chi connectivity index (χ2v) is 5.41. The molecule has 1 aromatic rings. The molecule has 2 rings (SSSR count). The number of halogens is 2. The van der Waals surface area contributed by atoms with E-state index in [1.54, 1.807) is 18.3 Å². The molecule has 7 heteroatoms. The molecule has 0 radical (unpaired) electrons. The molecule has 120 valence electrons. The highest BCUT2D eigenvalue weighted by Gasteiger charge is 2.28. The molecule has 0 bridgehead atoms. The van der Waals surface area contributed by atoms with Crippen LogP contribution in [0.15, 0.2) is 18.3 Å². The molecular weight excluding hydrogens is 311 g/mol. The van der Waals surface area contributed by atoms with Crippen LogP contribution < -0.4 is 16.4 Å². The molecule has 1 atom stereocenters. The van der Waals surface area contributed by atoms with Crippen molar-refractivity contribution in [1.82, 2.24) is 10.3 Å². The van der Waals surface area contributed by atoms with Gasteiger partial charge >= 0.3 is 0 Å². The van der Waals surface area contributed by atoms with Crippen LogP contribution >= 0.6 is 24.8 Å². The predicted molar refractivity (Wildman–Crippen MR) is 90.5 cm³/mol. The molecule has 21 heavy (non-hydrogen) atoms. The topological polar surface area (TPSA) is 80.0 Å². The third-order valence-electron chi connectivity index (χ3n) is 3.20. The van der Waals surface area contributed by atoms with Crippen LogP contribution in [0.2, 0.25) is 0 Å². The minimum absolute atomic E-state index is 0. The molecule has 0 spiro atoms. The fourth-order valence-corrected chi connectivity index (χ4v) is 1.97. The molecule has 0 saturated heterocycles. The molecule has 1 aliphatic carbocycles. The summed E-state index contributed by atoms with van der Waals surface area (Å²) in [6.07, 6.45) is 4.05. The zero-order valence-electron chi connectivity index (χ0n) is 12.3. The SMILES string of the molecule is CC(C)Nc1ncccc1C(=O)NCC(N)C1CC1.Cl.Cl. The van der Waals surface area contributed by atoms with Crippen molar-refractivity contribution in [3.63, 3.8) is 0 Å². The zero-order valence-corrected chi connectivity index (χ0v) is 14.0. The first kappa shape index (κ1) is 20.0. The zero-order chi connectivity index (χ0) is 13.8. The number of nitrogens with zero attached hydrogens (tertiary/aromatic N) is 1. The van der Waals surface area contributed by atoms with Crippen LogP contribution in [0.5, 0.6) is 0 Å². The lowest BCUT2D eigenvalue weighted by Gasteiger charge is -2.15. The lowest BCUT2D eigenvalue weighted by atomic mass is 10.2. The second-order valence-electron chi connectivity index (χ2n) is 5.41. The highest BCUT2D eigenvalue weighted by atomic mass is 35.5. The first-order chi connectivity index (χ1) is 9.08. The van der Waals surface area contributed by atoms with E-state index in [0.29, 0.717) is 23.8 Å². The molecule has 5 nitrogen and oxygen atoms in total. The Morgan fingerprint density at radius 3 is 2.67 bits per heavy atom. The highest BCUT2D eigenvalue weighted by molar-refractivity contribution is 5.98. The summed E-state index contributed by atoms with van der Waals surface area (Å²) in [4.78, 5) is 16.4. The van der Waals surface area contributed by atoms with E-state index >= 15 is 0 Å². The van der Waals surface area contributed by atoms with E-state index in [1.165, 1.54) is 12.8 Å². The van der Waals surface area contributed by atoms with E-state index in [4.69, 9.17) is 5.73 Å². The minimum Gasteiger partial charge on any atom is -0.367 e. The first-order valence-corrected chi connectivity index (χ1v) is 6.83. The summed E-state index contributed by atoms with van der Waals surface area (Å²) >= 11 is 0. The van der Waals surface area contributed by atoms with Gasteiger partial charge in [0.1, 0.15) is 5.82 Å². The van der Waals surface area contributed by atoms with Gasteiger partial charge in [0.15, 0.2) is 0 Å². The Morgan fingerprint density at radius 1 is 1.43 bits per heavy atom. The van der Waals surface area contributed by atoms with E-state index in [2.05, 4.69) is 15.6 Å². The summed E-state index contributed by atoms with van der Waals surface area (Å²) in [6, 6.07) is 3.84. The molecule has 0 aliphatic heterocycles. The summed E-state index contributed by atoms with van der Waals surface area (Å²) in [6.45, 7) is 4.55. The van der Waals surface area contributed by atoms with Crippen LogP contribution in [-0.4, -0.2) is 29.5 Å². The van der Waals surface area contributed by atoms with Crippen molar-refractivity contribution in [1.29, 1.82) is 0 Å². The number of carbonyl (C=O) groups is 1. The lowest BCUT2D eigenvalue weighted by Crippen LogP contribution is -2.38. The maximum atomic E-state index is 12.1. The van der Waals surface area contributed by atoms with Crippen LogP contribution in [0.4, 0.5) is 5.82 Å². The number of amides is 1. The maximum absolute atomic E-state index is 12.1. The summed E-state index contributed by atoms with van der Waals surface area (Å²) in [5, 5.41) is 6.06. The second kappa shape index (κ2) is 9.07. The molecule has 1 heterocycles. The molecule has 1 saturated carbocycles. The van der Waals surface area contributed by atoms with Crippen molar-refractivity contribution in [3.05, 3.63) is 23.9 Å². The van der Waals surface area contributed by atoms with Gasteiger partial charge in [0.2, 0.25) is 0 Å². The number of aromatic nitrogens is 1. The Kier molecular flexibility index (Phi) is 8.63. The summed E-state index contributed by atoms with van der Waals surface area (Å²) in [7, 11) is 0. The Bertz CT molecular complexity index is 452. The van der Waals surface area contributed by atoms with Crippen molar-refractivity contribution < 1.29 is 4.79 Å². The largest absolute Gasteiger partial charge is 0.367 e. The number of nitrogens with two attached hydrogens (primary N) is 1. The van der Waals surface area contributed by atoms with Crippen molar-refractivity contribution in [2.24, 2.45) is 11.7 Å². The Hall–Kier alpha value is -1.04. The number of rotatable bonds is 6. The minimum atomic E-state index is -0.118. The number of hydrogen-bond donors (Lipinski definition) is 3. The van der Waals surface area contributed by atoms with Gasteiger partial charge in [0.05, 0.1) is 5.56 Å². The van der Waals surface area contributed by atoms with Gasteiger partial charge in [-0.2, -0.15) is 0 Å². The van der Waals surface area contributed by atoms with Crippen LogP contribution in [0, 0.1) is 5.92 Å². The molecule has 1 fully saturated rings. The first-order valence-electron chi connectivity index (χ1n) is 6.83. The van der Waals surface area contributed by atoms with Crippen LogP contribution in [0.3, 0.4) is 0 Å². The third kappa shape index (κ3) is 6.08. The van der Waals surface area contributed by atoms with Gasteiger partial charge in [0, 0.05) is 24.8 Å². The highest BCUT2D eigenvalue weighted by Crippen LogP contribution is 2.31. The molecule has 1 unspecified atom stereocenters. The maximum Gasteiger partial charge on any atom is 0.255 e. The van der Waals surface area contributed by atoms with Crippen LogP contribution in [0.1, 0.15) is 37.0 Å². The van der Waals surface area contributed by atoms with Gasteiger partial charge in [-0.15, -0.1) is 24.8 Å². The van der Waals surface area contributed by atoms with Crippen molar-refractivity contribution >= 4 is 36.5 Å². The van der Waals surface area contributed by atoms with E-state index < -0.39 is 0 Å². The van der Waals surface area contributed by atoms with Gasteiger partial charge in [-0.3, -0.25) is 4.79 Å². The van der Waals surface area contributed by atoms with E-state index in [1.807, 2.05) is 13.8 Å². The van der Waals surface area contributed by atoms with Gasteiger partial charge in [0.25, 0.3) is 5.91 Å². The van der Waals surface area contributed by atoms with Gasteiger partial charge in [-0.1, -0.05) is 0 Å². The van der Waals surface area contributed by atoms with Crippen LogP contribution in [0.25, 0.3) is 0 Å². The summed E-state index contributed by atoms with van der Waals surface area (Å²) < 4.78 is 0. The summed E-state index contributed by atoms with van der Waals surface area (Å²) in [5.41, 5.74) is 6.55. The van der Waals surface area contributed by atoms with Crippen molar-refractivity contribution in [2.75, 3.05) is 11.9 Å². The lowest BCUT2D eigenvalue weighted by molar-refractivity contribution is 0.0951. The molecule has 1 aliphatic rings.